The molecular weight excluding hydrogens is 1100 g/mol. The maximum absolute atomic E-state index is 11.8. The lowest BCUT2D eigenvalue weighted by molar-refractivity contribution is -0.397. The molecule has 7 heterocycles. The van der Waals surface area contributed by atoms with Gasteiger partial charge in [0.1, 0.15) is 171 Å². The molecule has 35 nitrogen and oxygen atoms in total. The number of aliphatic hydroxyl groups is 22. The first-order valence-corrected chi connectivity index (χ1v) is 25.9. The van der Waals surface area contributed by atoms with Gasteiger partial charge in [0.2, 0.25) is 0 Å². The molecule has 0 aromatic carbocycles. The van der Waals surface area contributed by atoms with Gasteiger partial charge in [-0.3, -0.25) is 0 Å². The molecule has 0 spiro atoms. The average Bonchev–Trinajstić information content (AvgIpc) is 3.56. The summed E-state index contributed by atoms with van der Waals surface area (Å²) in [7, 11) is 0. The van der Waals surface area contributed by atoms with Crippen LogP contribution >= 0.6 is 0 Å². The van der Waals surface area contributed by atoms with Crippen LogP contribution < -0.4 is 0 Å². The summed E-state index contributed by atoms with van der Waals surface area (Å²) in [5.41, 5.74) is 0. The largest absolute Gasteiger partial charge is 0.394 e. The van der Waals surface area contributed by atoms with E-state index in [0.717, 1.165) is 0 Å². The standard InChI is InChI=1S/C45H78O35/c1-10(2)34-29(63)35(20(54)13(5-48)69-34)76-43-31(65)37(22(56)15(7-50)73-43)79-44-32(66)38(23(57)16(8-51)74-44)80-45-33(67)39(78-42-28(62)26(60)19(53)12(4-47)72-42)24(58)17(75-45)9-68-40-30(64)36(21(55)14(6-49)70-40)77-41-27(61)25(59)18(52)11(3-46)71-41/h10-67H,3-9H2,1-2H3. The average molecular weight is 1180 g/mol. The van der Waals surface area contributed by atoms with E-state index in [1.165, 1.54) is 0 Å². The van der Waals surface area contributed by atoms with Gasteiger partial charge in [0.15, 0.2) is 37.7 Å². The fourth-order valence-electron chi connectivity index (χ4n) is 10.5. The molecule has 7 saturated heterocycles. The van der Waals surface area contributed by atoms with Gasteiger partial charge >= 0.3 is 0 Å². The van der Waals surface area contributed by atoms with E-state index in [1.54, 1.807) is 13.8 Å². The molecule has 0 aliphatic carbocycles. The normalized spacial score (nSPS) is 52.5. The molecule has 7 rings (SSSR count). The summed E-state index contributed by atoms with van der Waals surface area (Å²) in [6.45, 7) is -3.32. The van der Waals surface area contributed by atoms with Gasteiger partial charge in [0, 0.05) is 0 Å². The molecule has 7 aliphatic heterocycles. The molecule has 0 bridgehead atoms. The Bertz CT molecular complexity index is 1870. The lowest BCUT2D eigenvalue weighted by Crippen LogP contribution is -2.68. The summed E-state index contributed by atoms with van der Waals surface area (Å²) in [4.78, 5) is 0. The van der Waals surface area contributed by atoms with Crippen molar-refractivity contribution in [1.82, 2.24) is 0 Å². The van der Waals surface area contributed by atoms with E-state index in [2.05, 4.69) is 0 Å². The van der Waals surface area contributed by atoms with Crippen LogP contribution in [0.15, 0.2) is 0 Å². The number of aliphatic hydroxyl groups excluding tert-OH is 22. The van der Waals surface area contributed by atoms with Gasteiger partial charge in [0.05, 0.1) is 52.4 Å². The summed E-state index contributed by atoms with van der Waals surface area (Å²) in [5, 5.41) is 237. The fraction of sp³-hybridized carbons (Fsp3) is 1.00. The summed E-state index contributed by atoms with van der Waals surface area (Å²) >= 11 is 0. The second-order valence-corrected chi connectivity index (χ2v) is 20.9. The Labute approximate surface area is 454 Å². The van der Waals surface area contributed by atoms with Crippen LogP contribution in [-0.2, 0) is 61.6 Å². The number of ether oxygens (including phenoxy) is 13. The van der Waals surface area contributed by atoms with Crippen LogP contribution in [0.1, 0.15) is 13.8 Å². The summed E-state index contributed by atoms with van der Waals surface area (Å²) in [6, 6.07) is 0. The number of rotatable bonds is 20. The Hall–Kier alpha value is -1.40. The molecule has 0 aromatic heterocycles. The quantitative estimate of drug-likeness (QED) is 0.0538. The van der Waals surface area contributed by atoms with E-state index >= 15 is 0 Å². The van der Waals surface area contributed by atoms with Gasteiger partial charge in [-0.1, -0.05) is 13.8 Å². The Morgan fingerprint density at radius 1 is 0.263 bits per heavy atom. The van der Waals surface area contributed by atoms with Crippen LogP contribution in [0.5, 0.6) is 0 Å². The summed E-state index contributed by atoms with van der Waals surface area (Å²) in [6.07, 6.45) is -67.4. The van der Waals surface area contributed by atoms with Crippen molar-refractivity contribution in [2.75, 3.05) is 46.2 Å². The minimum Gasteiger partial charge on any atom is -0.394 e. The molecule has 468 valence electrons. The highest BCUT2D eigenvalue weighted by Gasteiger charge is 2.58. The van der Waals surface area contributed by atoms with Gasteiger partial charge in [0.25, 0.3) is 0 Å². The van der Waals surface area contributed by atoms with Crippen LogP contribution in [0.3, 0.4) is 0 Å². The molecule has 35 heteroatoms. The van der Waals surface area contributed by atoms with E-state index in [1.807, 2.05) is 0 Å². The predicted molar refractivity (Wildman–Crippen MR) is 244 cm³/mol. The highest BCUT2D eigenvalue weighted by molar-refractivity contribution is 5.01. The third kappa shape index (κ3) is 13.6. The van der Waals surface area contributed by atoms with Crippen molar-refractivity contribution in [2.45, 2.75) is 229 Å². The Balaban J connectivity index is 1.13. The van der Waals surface area contributed by atoms with E-state index in [-0.39, 0.29) is 0 Å². The predicted octanol–water partition coefficient (Wildman–Crippen LogP) is -14.6. The molecule has 0 radical (unpaired) electrons. The van der Waals surface area contributed by atoms with Crippen LogP contribution in [0.25, 0.3) is 0 Å². The lowest BCUT2D eigenvalue weighted by Gasteiger charge is -2.50. The summed E-state index contributed by atoms with van der Waals surface area (Å²) < 4.78 is 73.7. The second-order valence-electron chi connectivity index (χ2n) is 20.9. The molecule has 7 fully saturated rings. The maximum atomic E-state index is 11.8. The molecule has 0 aromatic rings. The van der Waals surface area contributed by atoms with Gasteiger partial charge < -0.3 is 174 Å². The molecule has 22 N–H and O–H groups in total. The van der Waals surface area contributed by atoms with Crippen LogP contribution in [-0.4, -0.2) is 373 Å². The SMILES string of the molecule is CC(C)C1OC(CO)C(O)C(OC2OC(CO)C(O)C(OC3OC(CO)C(O)C(OC4OC(COC5OC(CO)C(O)C(OC6OC(CO)C(O)C(O)C6O)C5O)C(O)C(OC5OC(CO)C(O)C(O)C5O)C4O)C3O)C2O)C1O. The maximum Gasteiger partial charge on any atom is 0.187 e. The van der Waals surface area contributed by atoms with Gasteiger partial charge in [-0.2, -0.15) is 0 Å². The van der Waals surface area contributed by atoms with Gasteiger partial charge in [-0.15, -0.1) is 0 Å². The molecule has 0 saturated carbocycles. The van der Waals surface area contributed by atoms with Crippen LogP contribution in [0, 0.1) is 5.92 Å². The zero-order valence-electron chi connectivity index (χ0n) is 42.9. The Morgan fingerprint density at radius 3 is 0.812 bits per heavy atom. The zero-order valence-corrected chi connectivity index (χ0v) is 42.9. The first-order chi connectivity index (χ1) is 37.9. The molecular formula is C45H78O35. The molecule has 35 unspecified atom stereocenters. The second kappa shape index (κ2) is 28.4. The third-order valence-corrected chi connectivity index (χ3v) is 15.2. The van der Waals surface area contributed by atoms with Crippen LogP contribution in [0.2, 0.25) is 0 Å². The van der Waals surface area contributed by atoms with E-state index < -0.39 is 267 Å². The van der Waals surface area contributed by atoms with Crippen molar-refractivity contribution in [2.24, 2.45) is 5.92 Å². The van der Waals surface area contributed by atoms with Gasteiger partial charge in [-0.05, 0) is 5.92 Å². The first-order valence-electron chi connectivity index (χ1n) is 25.9. The smallest absolute Gasteiger partial charge is 0.187 e. The van der Waals surface area contributed by atoms with E-state index in [4.69, 9.17) is 61.6 Å². The monoisotopic (exact) mass is 1180 g/mol. The lowest BCUT2D eigenvalue weighted by atomic mass is 9.89. The summed E-state index contributed by atoms with van der Waals surface area (Å²) in [5.74, 6) is -0.411. The highest BCUT2D eigenvalue weighted by Crippen LogP contribution is 2.38. The molecule has 7 aliphatic rings. The highest BCUT2D eigenvalue weighted by atomic mass is 16.8. The molecule has 0 amide bonds. The minimum absolute atomic E-state index is 0.411. The number of hydrogen-bond acceptors (Lipinski definition) is 35. The molecule has 80 heavy (non-hydrogen) atoms. The Kier molecular flexibility index (Phi) is 23.5. The van der Waals surface area contributed by atoms with Crippen molar-refractivity contribution in [3.8, 4) is 0 Å². The zero-order chi connectivity index (χ0) is 58.9. The molecule has 35 atom stereocenters. The van der Waals surface area contributed by atoms with Crippen molar-refractivity contribution in [1.29, 1.82) is 0 Å². The van der Waals surface area contributed by atoms with Crippen molar-refractivity contribution >= 4 is 0 Å². The van der Waals surface area contributed by atoms with Gasteiger partial charge in [-0.25, -0.2) is 0 Å². The fourth-order valence-corrected chi connectivity index (χ4v) is 10.5. The number of hydrogen-bond donors (Lipinski definition) is 22. The topological polar surface area (TPSA) is 565 Å². The van der Waals surface area contributed by atoms with Crippen LogP contribution in [0.4, 0.5) is 0 Å². The van der Waals surface area contributed by atoms with Crippen molar-refractivity contribution in [3.63, 3.8) is 0 Å². The Morgan fingerprint density at radius 2 is 0.500 bits per heavy atom. The van der Waals surface area contributed by atoms with Crippen molar-refractivity contribution in [3.05, 3.63) is 0 Å². The van der Waals surface area contributed by atoms with E-state index in [9.17, 15) is 112 Å². The van der Waals surface area contributed by atoms with E-state index in [0.29, 0.717) is 0 Å². The third-order valence-electron chi connectivity index (χ3n) is 15.2. The minimum atomic E-state index is -2.34. The first kappa shape index (κ1) is 66.1. The van der Waals surface area contributed by atoms with Crippen molar-refractivity contribution < 1.29 is 174 Å².